The van der Waals surface area contributed by atoms with Gasteiger partial charge in [0.2, 0.25) is 5.91 Å². The summed E-state index contributed by atoms with van der Waals surface area (Å²) in [5, 5.41) is 0. The fourth-order valence-electron chi connectivity index (χ4n) is 0.866. The van der Waals surface area contributed by atoms with Gasteiger partial charge in [0.25, 0.3) is 0 Å². The van der Waals surface area contributed by atoms with Crippen LogP contribution in [0.4, 0.5) is 0 Å². The molecule has 1 amide bonds. The lowest BCUT2D eigenvalue weighted by molar-refractivity contribution is -0.118. The third-order valence-electron chi connectivity index (χ3n) is 1.41. The van der Waals surface area contributed by atoms with Crippen LogP contribution in [0.1, 0.15) is 17.9 Å². The smallest absolute Gasteiger partial charge is 0.217 e. The molecule has 3 heteroatoms. The summed E-state index contributed by atoms with van der Waals surface area (Å²) in [6, 6.07) is 3.73. The summed E-state index contributed by atoms with van der Waals surface area (Å²) >= 11 is 0. The second kappa shape index (κ2) is 3.23. The first-order valence-corrected chi connectivity index (χ1v) is 3.52. The number of hydrogen-bond acceptors (Lipinski definition) is 2. The molecule has 1 heterocycles. The van der Waals surface area contributed by atoms with Crippen LogP contribution in [0.2, 0.25) is 0 Å². The van der Waals surface area contributed by atoms with E-state index in [0.29, 0.717) is 12.8 Å². The fourth-order valence-corrected chi connectivity index (χ4v) is 0.866. The predicted octanol–water partition coefficient (Wildman–Crippen LogP) is 1.01. The minimum absolute atomic E-state index is 0.293. The van der Waals surface area contributed by atoms with Crippen molar-refractivity contribution >= 4 is 5.91 Å². The lowest BCUT2D eigenvalue weighted by atomic mass is 10.2. The lowest BCUT2D eigenvalue weighted by Gasteiger charge is -1.91. The van der Waals surface area contributed by atoms with Crippen LogP contribution in [0.15, 0.2) is 16.5 Å². The maximum absolute atomic E-state index is 10.4. The number of primary amides is 1. The van der Waals surface area contributed by atoms with E-state index in [-0.39, 0.29) is 5.91 Å². The van der Waals surface area contributed by atoms with E-state index in [1.54, 1.807) is 0 Å². The highest BCUT2D eigenvalue weighted by Crippen LogP contribution is 2.07. The third-order valence-corrected chi connectivity index (χ3v) is 1.41. The van der Waals surface area contributed by atoms with Crippen LogP contribution in [0.5, 0.6) is 0 Å². The molecule has 1 rings (SSSR count). The molecule has 3 nitrogen and oxygen atoms in total. The van der Waals surface area contributed by atoms with Crippen molar-refractivity contribution in [1.29, 1.82) is 0 Å². The Balaban J connectivity index is 2.45. The molecule has 0 unspecified atom stereocenters. The summed E-state index contributed by atoms with van der Waals surface area (Å²) in [7, 11) is 0. The van der Waals surface area contributed by atoms with Gasteiger partial charge in [-0.2, -0.15) is 0 Å². The van der Waals surface area contributed by atoms with E-state index in [1.165, 1.54) is 0 Å². The van der Waals surface area contributed by atoms with Gasteiger partial charge in [-0.1, -0.05) is 0 Å². The molecule has 0 saturated heterocycles. The normalized spacial score (nSPS) is 9.91. The van der Waals surface area contributed by atoms with Gasteiger partial charge in [-0.15, -0.1) is 0 Å². The molecule has 2 N–H and O–H groups in total. The average Bonchev–Trinajstić information content (AvgIpc) is 2.31. The summed E-state index contributed by atoms with van der Waals surface area (Å²) in [6.45, 7) is 1.87. The fraction of sp³-hybridized carbons (Fsp3) is 0.375. The molecule has 0 aliphatic heterocycles. The van der Waals surface area contributed by atoms with E-state index in [4.69, 9.17) is 10.2 Å². The molecular formula is C8H11NO2. The maximum Gasteiger partial charge on any atom is 0.217 e. The van der Waals surface area contributed by atoms with Crippen molar-refractivity contribution in [2.45, 2.75) is 19.8 Å². The van der Waals surface area contributed by atoms with Crippen molar-refractivity contribution in [3.8, 4) is 0 Å². The predicted molar refractivity (Wildman–Crippen MR) is 41.0 cm³/mol. The van der Waals surface area contributed by atoms with E-state index in [0.717, 1.165) is 11.5 Å². The Morgan fingerprint density at radius 1 is 1.64 bits per heavy atom. The standard InChI is InChI=1S/C8H11NO2/c1-6-2-3-7(11-6)4-5-8(9)10/h2-3H,4-5H2,1H3,(H2,9,10). The van der Waals surface area contributed by atoms with Crippen LogP contribution in [0, 0.1) is 6.92 Å². The van der Waals surface area contributed by atoms with E-state index in [1.807, 2.05) is 19.1 Å². The number of furan rings is 1. The van der Waals surface area contributed by atoms with Crippen LogP contribution >= 0.6 is 0 Å². The molecule has 0 spiro atoms. The van der Waals surface area contributed by atoms with Gasteiger partial charge in [-0.3, -0.25) is 4.79 Å². The lowest BCUT2D eigenvalue weighted by Crippen LogP contribution is -2.10. The van der Waals surface area contributed by atoms with Gasteiger partial charge in [0.05, 0.1) is 0 Å². The zero-order valence-corrected chi connectivity index (χ0v) is 6.46. The molecule has 1 aromatic heterocycles. The molecule has 0 atom stereocenters. The monoisotopic (exact) mass is 153 g/mol. The topological polar surface area (TPSA) is 56.2 Å². The van der Waals surface area contributed by atoms with Gasteiger partial charge < -0.3 is 10.2 Å². The summed E-state index contributed by atoms with van der Waals surface area (Å²) < 4.78 is 5.23. The van der Waals surface area contributed by atoms with Crippen LogP contribution in [-0.2, 0) is 11.2 Å². The molecule has 0 saturated carbocycles. The zero-order valence-electron chi connectivity index (χ0n) is 6.46. The van der Waals surface area contributed by atoms with Crippen LogP contribution < -0.4 is 5.73 Å². The molecule has 0 bridgehead atoms. The van der Waals surface area contributed by atoms with Crippen molar-refractivity contribution in [3.63, 3.8) is 0 Å². The second-order valence-corrected chi connectivity index (χ2v) is 2.48. The molecular weight excluding hydrogens is 142 g/mol. The van der Waals surface area contributed by atoms with Gasteiger partial charge in [-0.05, 0) is 19.1 Å². The van der Waals surface area contributed by atoms with Crippen molar-refractivity contribution in [1.82, 2.24) is 0 Å². The first kappa shape index (κ1) is 7.85. The Morgan fingerprint density at radius 3 is 2.82 bits per heavy atom. The number of hydrogen-bond donors (Lipinski definition) is 1. The third kappa shape index (κ3) is 2.45. The highest BCUT2D eigenvalue weighted by atomic mass is 16.3. The van der Waals surface area contributed by atoms with E-state index in [9.17, 15) is 4.79 Å². The van der Waals surface area contributed by atoms with Crippen molar-refractivity contribution < 1.29 is 9.21 Å². The quantitative estimate of drug-likeness (QED) is 0.704. The van der Waals surface area contributed by atoms with Gasteiger partial charge >= 0.3 is 0 Å². The maximum atomic E-state index is 10.4. The Labute approximate surface area is 65.2 Å². The Kier molecular flexibility index (Phi) is 2.31. The minimum Gasteiger partial charge on any atom is -0.466 e. The summed E-state index contributed by atoms with van der Waals surface area (Å²) in [4.78, 5) is 10.4. The van der Waals surface area contributed by atoms with Crippen LogP contribution in [0.3, 0.4) is 0 Å². The van der Waals surface area contributed by atoms with Crippen molar-refractivity contribution in [2.75, 3.05) is 0 Å². The number of amides is 1. The largest absolute Gasteiger partial charge is 0.466 e. The van der Waals surface area contributed by atoms with Gasteiger partial charge in [0.1, 0.15) is 11.5 Å². The van der Waals surface area contributed by atoms with Crippen molar-refractivity contribution in [2.24, 2.45) is 5.73 Å². The molecule has 0 aliphatic carbocycles. The zero-order chi connectivity index (χ0) is 8.27. The van der Waals surface area contributed by atoms with E-state index < -0.39 is 0 Å². The number of carbonyl (C=O) groups is 1. The van der Waals surface area contributed by atoms with E-state index >= 15 is 0 Å². The Morgan fingerprint density at radius 2 is 2.36 bits per heavy atom. The summed E-state index contributed by atoms with van der Waals surface area (Å²) in [5.74, 6) is 1.39. The molecule has 0 aliphatic rings. The first-order chi connectivity index (χ1) is 5.18. The number of nitrogens with two attached hydrogens (primary N) is 1. The van der Waals surface area contributed by atoms with Gasteiger partial charge in [-0.25, -0.2) is 0 Å². The minimum atomic E-state index is -0.293. The highest BCUT2D eigenvalue weighted by molar-refractivity contribution is 5.73. The Bertz CT molecular complexity index is 252. The number of aryl methyl sites for hydroxylation is 2. The number of rotatable bonds is 3. The second-order valence-electron chi connectivity index (χ2n) is 2.48. The molecule has 60 valence electrons. The molecule has 0 radical (unpaired) electrons. The molecule has 0 fully saturated rings. The van der Waals surface area contributed by atoms with Crippen molar-refractivity contribution in [3.05, 3.63) is 23.7 Å². The van der Waals surface area contributed by atoms with Crippen LogP contribution in [0.25, 0.3) is 0 Å². The SMILES string of the molecule is Cc1ccc(CCC(N)=O)o1. The molecule has 1 aromatic rings. The summed E-state index contributed by atoms with van der Waals surface area (Å²) in [5.41, 5.74) is 4.97. The Hall–Kier alpha value is -1.25. The first-order valence-electron chi connectivity index (χ1n) is 3.52. The van der Waals surface area contributed by atoms with E-state index in [2.05, 4.69) is 0 Å². The highest BCUT2D eigenvalue weighted by Gasteiger charge is 2.00. The van der Waals surface area contributed by atoms with Gasteiger partial charge in [0, 0.05) is 12.8 Å². The molecule has 11 heavy (non-hydrogen) atoms. The number of carbonyl (C=O) groups excluding carboxylic acids is 1. The van der Waals surface area contributed by atoms with Crippen LogP contribution in [-0.4, -0.2) is 5.91 Å². The summed E-state index contributed by atoms with van der Waals surface area (Å²) in [6.07, 6.45) is 0.954. The van der Waals surface area contributed by atoms with Gasteiger partial charge in [0.15, 0.2) is 0 Å². The molecule has 0 aromatic carbocycles. The average molecular weight is 153 g/mol.